The van der Waals surface area contributed by atoms with Gasteiger partial charge < -0.3 is 4.90 Å². The molecule has 118 valence electrons. The smallest absolute Gasteiger partial charge is 0.131 e. The van der Waals surface area contributed by atoms with Gasteiger partial charge in [-0.3, -0.25) is 11.3 Å². The molecule has 1 unspecified atom stereocenters. The molecule has 0 amide bonds. The molecule has 1 saturated carbocycles. The van der Waals surface area contributed by atoms with Gasteiger partial charge in [-0.05, 0) is 33.0 Å². The molecule has 2 rings (SSSR count). The largest absolute Gasteiger partial charge is 0.302 e. The Hall–Kier alpha value is -1.04. The average Bonchev–Trinajstić information content (AvgIpc) is 2.69. The van der Waals surface area contributed by atoms with E-state index in [1.54, 1.807) is 0 Å². The van der Waals surface area contributed by atoms with Gasteiger partial charge in [-0.2, -0.15) is 0 Å². The van der Waals surface area contributed by atoms with Crippen molar-refractivity contribution in [2.45, 2.75) is 50.1 Å². The highest BCUT2D eigenvalue weighted by Gasteiger charge is 2.42. The fourth-order valence-electron chi connectivity index (χ4n) is 3.60. The van der Waals surface area contributed by atoms with Crippen LogP contribution in [0.25, 0.3) is 0 Å². The summed E-state index contributed by atoms with van der Waals surface area (Å²) in [5, 5.41) is 0. The van der Waals surface area contributed by atoms with Gasteiger partial charge in [0.05, 0.1) is 6.04 Å². The highest BCUT2D eigenvalue weighted by molar-refractivity contribution is 5.26. The number of benzene rings is 1. The molecule has 1 aromatic carbocycles. The molecule has 0 aromatic heterocycles. The standard InChI is InChI=1S/C16H25F2N3/c1-21(2)16(9-5-3-4-6-10-16)15(20-19)13-8-7-12(17)11-14(13)18/h7-8,11,15,20H,3-6,9-10,19H2,1-2H3. The van der Waals surface area contributed by atoms with Crippen LogP contribution in [-0.4, -0.2) is 24.5 Å². The maximum Gasteiger partial charge on any atom is 0.131 e. The lowest BCUT2D eigenvalue weighted by Crippen LogP contribution is -2.55. The van der Waals surface area contributed by atoms with E-state index in [1.165, 1.54) is 25.0 Å². The topological polar surface area (TPSA) is 41.3 Å². The molecule has 3 nitrogen and oxygen atoms in total. The van der Waals surface area contributed by atoms with Crippen molar-refractivity contribution in [3.63, 3.8) is 0 Å². The van der Waals surface area contributed by atoms with Crippen LogP contribution in [0.1, 0.15) is 50.1 Å². The van der Waals surface area contributed by atoms with Crippen molar-refractivity contribution in [1.29, 1.82) is 0 Å². The fraction of sp³-hybridized carbons (Fsp3) is 0.625. The van der Waals surface area contributed by atoms with Crippen LogP contribution in [0, 0.1) is 11.6 Å². The molecule has 1 aliphatic rings. The molecule has 0 bridgehead atoms. The number of halogens is 2. The molecule has 1 aliphatic carbocycles. The van der Waals surface area contributed by atoms with Crippen LogP contribution in [0.4, 0.5) is 8.78 Å². The second-order valence-electron chi connectivity index (χ2n) is 6.18. The SMILES string of the molecule is CN(C)C1(C(NN)c2ccc(F)cc2F)CCCCCC1. The number of hydrogen-bond donors (Lipinski definition) is 2. The van der Waals surface area contributed by atoms with Crippen LogP contribution < -0.4 is 11.3 Å². The van der Waals surface area contributed by atoms with E-state index in [4.69, 9.17) is 5.84 Å². The Kier molecular flexibility index (Phi) is 5.30. The number of nitrogens with two attached hydrogens (primary N) is 1. The number of hydrogen-bond acceptors (Lipinski definition) is 3. The van der Waals surface area contributed by atoms with E-state index < -0.39 is 11.6 Å². The average molecular weight is 297 g/mol. The Labute approximate surface area is 125 Å². The number of likely N-dealkylation sites (N-methyl/N-ethyl adjacent to an activating group) is 1. The molecule has 3 N–H and O–H groups in total. The predicted octanol–water partition coefficient (Wildman–Crippen LogP) is 3.12. The van der Waals surface area contributed by atoms with Gasteiger partial charge in [-0.1, -0.05) is 31.7 Å². The van der Waals surface area contributed by atoms with E-state index in [2.05, 4.69) is 10.3 Å². The fourth-order valence-corrected chi connectivity index (χ4v) is 3.60. The monoisotopic (exact) mass is 297 g/mol. The van der Waals surface area contributed by atoms with Gasteiger partial charge in [0.1, 0.15) is 11.6 Å². The van der Waals surface area contributed by atoms with Crippen LogP contribution in [-0.2, 0) is 0 Å². The van der Waals surface area contributed by atoms with Crippen molar-refractivity contribution >= 4 is 0 Å². The molecule has 0 radical (unpaired) electrons. The Bertz CT molecular complexity index is 469. The Balaban J connectivity index is 2.44. The van der Waals surface area contributed by atoms with Crippen LogP contribution in [0.5, 0.6) is 0 Å². The third kappa shape index (κ3) is 3.25. The van der Waals surface area contributed by atoms with Gasteiger partial charge in [0.15, 0.2) is 0 Å². The number of rotatable bonds is 4. The molecule has 1 fully saturated rings. The van der Waals surface area contributed by atoms with Crippen molar-refractivity contribution in [2.24, 2.45) is 5.84 Å². The minimum absolute atomic E-state index is 0.246. The zero-order valence-corrected chi connectivity index (χ0v) is 12.8. The highest BCUT2D eigenvalue weighted by atomic mass is 19.1. The van der Waals surface area contributed by atoms with E-state index >= 15 is 0 Å². The summed E-state index contributed by atoms with van der Waals surface area (Å²) in [7, 11) is 4.02. The summed E-state index contributed by atoms with van der Waals surface area (Å²) in [6, 6.07) is 3.37. The van der Waals surface area contributed by atoms with E-state index in [0.29, 0.717) is 5.56 Å². The second-order valence-corrected chi connectivity index (χ2v) is 6.18. The summed E-state index contributed by atoms with van der Waals surface area (Å²) in [5.74, 6) is 4.68. The van der Waals surface area contributed by atoms with Gasteiger partial charge in [0.2, 0.25) is 0 Å². The second kappa shape index (κ2) is 6.81. The van der Waals surface area contributed by atoms with Crippen LogP contribution in [0.3, 0.4) is 0 Å². The summed E-state index contributed by atoms with van der Waals surface area (Å²) in [5.41, 5.74) is 2.99. The Morgan fingerprint density at radius 1 is 1.14 bits per heavy atom. The predicted molar refractivity (Wildman–Crippen MR) is 80.5 cm³/mol. The third-order valence-corrected chi connectivity index (χ3v) is 4.84. The zero-order valence-electron chi connectivity index (χ0n) is 12.8. The summed E-state index contributed by atoms with van der Waals surface area (Å²) in [6.45, 7) is 0. The summed E-state index contributed by atoms with van der Waals surface area (Å²) >= 11 is 0. The van der Waals surface area contributed by atoms with E-state index in [0.717, 1.165) is 31.7 Å². The molecule has 5 heteroatoms. The molecular weight excluding hydrogens is 272 g/mol. The van der Waals surface area contributed by atoms with Crippen LogP contribution in [0.2, 0.25) is 0 Å². The lowest BCUT2D eigenvalue weighted by Gasteiger charge is -2.45. The first-order chi connectivity index (χ1) is 10.0. The quantitative estimate of drug-likeness (QED) is 0.510. The van der Waals surface area contributed by atoms with Crippen LogP contribution >= 0.6 is 0 Å². The molecule has 1 aromatic rings. The highest BCUT2D eigenvalue weighted by Crippen LogP contribution is 2.41. The zero-order chi connectivity index (χ0) is 15.5. The first-order valence-electron chi connectivity index (χ1n) is 7.60. The van der Waals surface area contributed by atoms with Crippen molar-refractivity contribution in [2.75, 3.05) is 14.1 Å². The maximum absolute atomic E-state index is 14.2. The van der Waals surface area contributed by atoms with Crippen LogP contribution in [0.15, 0.2) is 18.2 Å². The Morgan fingerprint density at radius 2 is 1.76 bits per heavy atom. The van der Waals surface area contributed by atoms with Gasteiger partial charge in [0, 0.05) is 17.2 Å². The lowest BCUT2D eigenvalue weighted by molar-refractivity contribution is 0.0783. The minimum atomic E-state index is -0.563. The van der Waals surface area contributed by atoms with Crippen molar-refractivity contribution in [3.8, 4) is 0 Å². The van der Waals surface area contributed by atoms with Crippen molar-refractivity contribution in [1.82, 2.24) is 10.3 Å². The first-order valence-corrected chi connectivity index (χ1v) is 7.60. The molecule has 21 heavy (non-hydrogen) atoms. The Morgan fingerprint density at radius 3 is 2.24 bits per heavy atom. The third-order valence-electron chi connectivity index (χ3n) is 4.84. The lowest BCUT2D eigenvalue weighted by atomic mass is 9.78. The molecule has 0 spiro atoms. The maximum atomic E-state index is 14.2. The molecule has 1 atom stereocenters. The number of hydrazine groups is 1. The normalized spacial score (nSPS) is 20.3. The number of nitrogens with one attached hydrogen (secondary N) is 1. The molecule has 0 aliphatic heterocycles. The molecular formula is C16H25F2N3. The first kappa shape index (κ1) is 16.3. The van der Waals surface area contributed by atoms with E-state index in [9.17, 15) is 8.78 Å². The molecule has 0 heterocycles. The summed E-state index contributed by atoms with van der Waals surface area (Å²) in [4.78, 5) is 2.14. The summed E-state index contributed by atoms with van der Waals surface area (Å²) in [6.07, 6.45) is 6.48. The minimum Gasteiger partial charge on any atom is -0.302 e. The van der Waals surface area contributed by atoms with Crippen molar-refractivity contribution < 1.29 is 8.78 Å². The van der Waals surface area contributed by atoms with Crippen molar-refractivity contribution in [3.05, 3.63) is 35.4 Å². The molecule has 0 saturated heterocycles. The van der Waals surface area contributed by atoms with E-state index in [1.807, 2.05) is 14.1 Å². The summed E-state index contributed by atoms with van der Waals surface area (Å²) < 4.78 is 27.4. The van der Waals surface area contributed by atoms with Gasteiger partial charge in [-0.25, -0.2) is 8.78 Å². The van der Waals surface area contributed by atoms with E-state index in [-0.39, 0.29) is 11.6 Å². The van der Waals surface area contributed by atoms with Gasteiger partial charge in [-0.15, -0.1) is 0 Å². The van der Waals surface area contributed by atoms with Gasteiger partial charge >= 0.3 is 0 Å². The van der Waals surface area contributed by atoms with Gasteiger partial charge in [0.25, 0.3) is 0 Å². The number of nitrogens with zero attached hydrogens (tertiary/aromatic N) is 1.